The molecule has 21 heavy (non-hydrogen) atoms. The average Bonchev–Trinajstić information content (AvgIpc) is 2.41. The van der Waals surface area contributed by atoms with Gasteiger partial charge in [-0.05, 0) is 48.4 Å². The van der Waals surface area contributed by atoms with Crippen LogP contribution >= 0.6 is 15.9 Å². The minimum atomic E-state index is 0.218. The van der Waals surface area contributed by atoms with E-state index >= 15 is 0 Å². The molecule has 1 unspecified atom stereocenters. The Morgan fingerprint density at radius 2 is 2.14 bits per heavy atom. The van der Waals surface area contributed by atoms with E-state index in [9.17, 15) is 4.79 Å². The number of rotatable bonds is 1. The second-order valence-corrected chi connectivity index (χ2v) is 7.09. The Kier molecular flexibility index (Phi) is 3.03. The molecule has 1 aromatic carbocycles. The molecule has 0 saturated heterocycles. The van der Waals surface area contributed by atoms with Crippen LogP contribution in [0.2, 0.25) is 0 Å². The van der Waals surface area contributed by atoms with Crippen molar-refractivity contribution in [3.63, 3.8) is 0 Å². The zero-order valence-corrected chi connectivity index (χ0v) is 13.6. The molecule has 0 spiro atoms. The Balaban J connectivity index is 1.98. The van der Waals surface area contributed by atoms with Crippen molar-refractivity contribution in [3.05, 3.63) is 34.4 Å². The summed E-state index contributed by atoms with van der Waals surface area (Å²) in [6.45, 7) is 0. The summed E-state index contributed by atoms with van der Waals surface area (Å²) in [6.07, 6.45) is 6.30. The molecule has 1 aromatic heterocycles. The molecule has 2 heterocycles. The third-order valence-corrected chi connectivity index (χ3v) is 5.56. The third kappa shape index (κ3) is 2.00. The largest absolute Gasteiger partial charge is 0.314 e. The van der Waals surface area contributed by atoms with Crippen molar-refractivity contribution in [3.8, 4) is 0 Å². The first-order chi connectivity index (χ1) is 10.1. The van der Waals surface area contributed by atoms with Gasteiger partial charge in [-0.1, -0.05) is 22.4 Å². The maximum atomic E-state index is 12.3. The highest BCUT2D eigenvalue weighted by Crippen LogP contribution is 2.49. The number of anilines is 1. The van der Waals surface area contributed by atoms with Crippen molar-refractivity contribution in [2.45, 2.75) is 31.6 Å². The first-order valence-corrected chi connectivity index (χ1v) is 8.29. The number of nitrogens with zero attached hydrogens (tertiary/aromatic N) is 2. The molecule has 108 valence electrons. The van der Waals surface area contributed by atoms with E-state index in [1.165, 1.54) is 30.2 Å². The highest BCUT2D eigenvalue weighted by Gasteiger charge is 2.38. The summed E-state index contributed by atoms with van der Waals surface area (Å²) in [5.74, 6) is 1.23. The van der Waals surface area contributed by atoms with Crippen LogP contribution in [0.25, 0.3) is 10.9 Å². The van der Waals surface area contributed by atoms with Crippen LogP contribution < -0.4 is 4.90 Å². The van der Waals surface area contributed by atoms with Crippen LogP contribution in [-0.4, -0.2) is 17.9 Å². The second-order valence-electron chi connectivity index (χ2n) is 6.17. The van der Waals surface area contributed by atoms with E-state index in [-0.39, 0.29) is 5.91 Å². The summed E-state index contributed by atoms with van der Waals surface area (Å²) >= 11 is 3.57. The Morgan fingerprint density at radius 1 is 1.33 bits per heavy atom. The van der Waals surface area contributed by atoms with Crippen molar-refractivity contribution >= 4 is 38.4 Å². The third-order valence-electron chi connectivity index (χ3n) is 5.07. The predicted molar refractivity (Wildman–Crippen MR) is 87.6 cm³/mol. The topological polar surface area (TPSA) is 33.2 Å². The molecule has 2 aliphatic rings. The molecule has 1 fully saturated rings. The van der Waals surface area contributed by atoms with Crippen molar-refractivity contribution in [2.24, 2.45) is 5.92 Å². The van der Waals surface area contributed by atoms with Gasteiger partial charge in [-0.25, -0.2) is 0 Å². The average molecular weight is 345 g/mol. The van der Waals surface area contributed by atoms with Gasteiger partial charge in [-0.3, -0.25) is 9.78 Å². The Morgan fingerprint density at radius 3 is 2.86 bits per heavy atom. The zero-order chi connectivity index (χ0) is 14.6. The molecule has 0 N–H and O–H groups in total. The van der Waals surface area contributed by atoms with Crippen LogP contribution in [0.3, 0.4) is 0 Å². The molecule has 1 saturated carbocycles. The lowest BCUT2D eigenvalue weighted by molar-refractivity contribution is -0.119. The molecule has 1 aliphatic carbocycles. The van der Waals surface area contributed by atoms with E-state index in [4.69, 9.17) is 0 Å². The summed E-state index contributed by atoms with van der Waals surface area (Å²) in [5.41, 5.74) is 3.34. The number of hydrogen-bond acceptors (Lipinski definition) is 2. The smallest absolute Gasteiger partial charge is 0.227 e. The monoisotopic (exact) mass is 344 g/mol. The number of fused-ring (bicyclic) bond motifs is 3. The molecular formula is C17H17BrN2O. The summed E-state index contributed by atoms with van der Waals surface area (Å²) in [4.78, 5) is 18.6. The minimum Gasteiger partial charge on any atom is -0.314 e. The van der Waals surface area contributed by atoms with E-state index in [1.54, 1.807) is 4.90 Å². The van der Waals surface area contributed by atoms with Gasteiger partial charge in [0.05, 0.1) is 17.4 Å². The van der Waals surface area contributed by atoms with E-state index < -0.39 is 0 Å². The maximum Gasteiger partial charge on any atom is 0.227 e. The van der Waals surface area contributed by atoms with Crippen molar-refractivity contribution < 1.29 is 4.79 Å². The lowest BCUT2D eigenvalue weighted by Gasteiger charge is -2.40. The Bertz CT molecular complexity index is 739. The fourth-order valence-electron chi connectivity index (χ4n) is 3.64. The molecule has 1 amide bonds. The highest BCUT2D eigenvalue weighted by molar-refractivity contribution is 9.10. The van der Waals surface area contributed by atoms with E-state index in [0.717, 1.165) is 15.7 Å². The van der Waals surface area contributed by atoms with Crippen molar-refractivity contribution in [1.29, 1.82) is 0 Å². The molecule has 1 aliphatic heterocycles. The van der Waals surface area contributed by atoms with Crippen LogP contribution in [0.15, 0.2) is 28.9 Å². The number of hydrogen-bond donors (Lipinski definition) is 0. The molecule has 0 radical (unpaired) electrons. The lowest BCUT2D eigenvalue weighted by atomic mass is 9.69. The summed E-state index contributed by atoms with van der Waals surface area (Å²) in [5, 5.41) is 1.19. The van der Waals surface area contributed by atoms with Crippen molar-refractivity contribution in [2.75, 3.05) is 11.9 Å². The molecule has 0 bridgehead atoms. The van der Waals surface area contributed by atoms with Crippen molar-refractivity contribution in [1.82, 2.24) is 4.98 Å². The number of halogens is 1. The number of aromatic nitrogens is 1. The molecule has 4 rings (SSSR count). The first-order valence-electron chi connectivity index (χ1n) is 7.50. The number of amides is 1. The summed E-state index contributed by atoms with van der Waals surface area (Å²) < 4.78 is 1.07. The van der Waals surface area contributed by atoms with Gasteiger partial charge in [-0.15, -0.1) is 0 Å². The fraction of sp³-hybridized carbons (Fsp3) is 0.412. The van der Waals surface area contributed by atoms with Crippen LogP contribution in [0.5, 0.6) is 0 Å². The second kappa shape index (κ2) is 4.80. The van der Waals surface area contributed by atoms with Gasteiger partial charge < -0.3 is 4.90 Å². The van der Waals surface area contributed by atoms with Gasteiger partial charge in [-0.2, -0.15) is 0 Å². The van der Waals surface area contributed by atoms with E-state index in [0.29, 0.717) is 18.3 Å². The van der Waals surface area contributed by atoms with Crippen LogP contribution in [0, 0.1) is 5.92 Å². The molecule has 1 atom stereocenters. The van der Waals surface area contributed by atoms with Crippen LogP contribution in [-0.2, 0) is 4.79 Å². The standard InChI is InChI=1S/C17H17BrN2O/c1-20-15-9-19-14-6-5-11(18)7-13(14)17(15)12(8-16(20)21)10-3-2-4-10/h5-7,9-10,12H,2-4,8H2,1H3. The molecule has 4 heteroatoms. The predicted octanol–water partition coefficient (Wildman–Crippen LogP) is 4.25. The maximum absolute atomic E-state index is 12.3. The minimum absolute atomic E-state index is 0.218. The fourth-order valence-corrected chi connectivity index (χ4v) is 4.00. The van der Waals surface area contributed by atoms with Gasteiger partial charge in [0, 0.05) is 23.3 Å². The SMILES string of the molecule is CN1C(=O)CC(C2CCC2)c2c1cnc1ccc(Br)cc21. The molecular weight excluding hydrogens is 328 g/mol. The summed E-state index contributed by atoms with van der Waals surface area (Å²) in [6, 6.07) is 6.22. The van der Waals surface area contributed by atoms with Crippen LogP contribution in [0.1, 0.15) is 37.2 Å². The quantitative estimate of drug-likeness (QED) is 0.774. The van der Waals surface area contributed by atoms with Gasteiger partial charge in [0.15, 0.2) is 0 Å². The van der Waals surface area contributed by atoms with Crippen LogP contribution in [0.4, 0.5) is 5.69 Å². The normalized spacial score (nSPS) is 22.3. The van der Waals surface area contributed by atoms with Gasteiger partial charge >= 0.3 is 0 Å². The number of carbonyl (C=O) groups is 1. The summed E-state index contributed by atoms with van der Waals surface area (Å²) in [7, 11) is 1.86. The number of pyridine rings is 1. The van der Waals surface area contributed by atoms with E-state index in [2.05, 4.69) is 27.0 Å². The Labute approximate surface area is 132 Å². The van der Waals surface area contributed by atoms with E-state index in [1.807, 2.05) is 25.4 Å². The highest BCUT2D eigenvalue weighted by atomic mass is 79.9. The first kappa shape index (κ1) is 13.3. The number of carbonyl (C=O) groups excluding carboxylic acids is 1. The molecule has 2 aromatic rings. The zero-order valence-electron chi connectivity index (χ0n) is 12.0. The van der Waals surface area contributed by atoms with Gasteiger partial charge in [0.2, 0.25) is 5.91 Å². The Hall–Kier alpha value is -1.42. The van der Waals surface area contributed by atoms with Gasteiger partial charge in [0.1, 0.15) is 0 Å². The molecule has 3 nitrogen and oxygen atoms in total. The van der Waals surface area contributed by atoms with Gasteiger partial charge in [0.25, 0.3) is 0 Å². The number of benzene rings is 1. The lowest BCUT2D eigenvalue weighted by Crippen LogP contribution is -2.37.